The van der Waals surface area contributed by atoms with Gasteiger partial charge in [-0.05, 0) is 63.4 Å². The lowest BCUT2D eigenvalue weighted by Crippen LogP contribution is -2.43. The van der Waals surface area contributed by atoms with Crippen molar-refractivity contribution in [3.05, 3.63) is 45.4 Å². The fraction of sp³-hybridized carbons (Fsp3) is 0.565. The Labute approximate surface area is 207 Å². The number of thiazole rings is 1. The van der Waals surface area contributed by atoms with Gasteiger partial charge in [-0.25, -0.2) is 4.98 Å². The van der Waals surface area contributed by atoms with E-state index in [-0.39, 0.29) is 24.0 Å². The van der Waals surface area contributed by atoms with Crippen molar-refractivity contribution in [1.82, 2.24) is 20.5 Å². The molecule has 1 saturated heterocycles. The van der Waals surface area contributed by atoms with E-state index >= 15 is 0 Å². The normalized spacial score (nSPS) is 15.4. The van der Waals surface area contributed by atoms with Gasteiger partial charge >= 0.3 is 0 Å². The highest BCUT2D eigenvalue weighted by Gasteiger charge is 2.19. The van der Waals surface area contributed by atoms with Crippen molar-refractivity contribution in [1.29, 1.82) is 0 Å². The third kappa shape index (κ3) is 8.23. The number of hydrogen-bond donors (Lipinski definition) is 2. The van der Waals surface area contributed by atoms with Crippen molar-refractivity contribution in [2.45, 2.75) is 39.7 Å². The van der Waals surface area contributed by atoms with E-state index < -0.39 is 0 Å². The lowest BCUT2D eigenvalue weighted by molar-refractivity contribution is 0.178. The lowest BCUT2D eigenvalue weighted by Gasteiger charge is -2.32. The van der Waals surface area contributed by atoms with Crippen LogP contribution in [-0.2, 0) is 13.0 Å². The number of methoxy groups -OCH3 is 1. The van der Waals surface area contributed by atoms with Gasteiger partial charge in [0.15, 0.2) is 5.96 Å². The first-order valence-electron chi connectivity index (χ1n) is 10.8. The molecular weight excluding hydrogens is 521 g/mol. The van der Waals surface area contributed by atoms with Crippen LogP contribution in [0.15, 0.2) is 29.3 Å². The fourth-order valence-electron chi connectivity index (χ4n) is 3.73. The van der Waals surface area contributed by atoms with Crippen molar-refractivity contribution < 1.29 is 4.74 Å². The molecule has 1 aromatic heterocycles. The van der Waals surface area contributed by atoms with Crippen LogP contribution in [0.2, 0.25) is 0 Å². The monoisotopic (exact) mass is 557 g/mol. The molecule has 8 heteroatoms. The first-order chi connectivity index (χ1) is 14.6. The topological polar surface area (TPSA) is 61.8 Å². The van der Waals surface area contributed by atoms with E-state index in [0.29, 0.717) is 5.92 Å². The average Bonchev–Trinajstić information content (AvgIpc) is 3.09. The second-order valence-electron chi connectivity index (χ2n) is 7.95. The summed E-state index contributed by atoms with van der Waals surface area (Å²) >= 11 is 1.79. The smallest absolute Gasteiger partial charge is 0.190 e. The van der Waals surface area contributed by atoms with E-state index in [0.717, 1.165) is 56.5 Å². The van der Waals surface area contributed by atoms with Crippen LogP contribution in [0.5, 0.6) is 5.75 Å². The number of hydrogen-bond acceptors (Lipinski definition) is 5. The third-order valence-corrected chi connectivity index (χ3v) is 6.89. The van der Waals surface area contributed by atoms with Gasteiger partial charge in [0.2, 0.25) is 0 Å². The van der Waals surface area contributed by atoms with E-state index in [1.165, 1.54) is 28.3 Å². The van der Waals surface area contributed by atoms with Crippen molar-refractivity contribution in [2.75, 3.05) is 40.3 Å². The molecule has 2 aromatic rings. The molecule has 0 unspecified atom stereocenters. The highest BCUT2D eigenvalue weighted by atomic mass is 127. The summed E-state index contributed by atoms with van der Waals surface area (Å²) in [4.78, 5) is 12.8. The molecule has 0 aliphatic carbocycles. The summed E-state index contributed by atoms with van der Waals surface area (Å²) in [6.07, 6.45) is 3.37. The largest absolute Gasteiger partial charge is 0.497 e. The quantitative estimate of drug-likeness (QED) is 0.292. The van der Waals surface area contributed by atoms with Crippen LogP contribution < -0.4 is 15.4 Å². The molecule has 6 nitrogen and oxygen atoms in total. The third-order valence-electron chi connectivity index (χ3n) is 5.76. The predicted octanol–water partition coefficient (Wildman–Crippen LogP) is 4.01. The van der Waals surface area contributed by atoms with Crippen LogP contribution in [0.1, 0.15) is 34.0 Å². The van der Waals surface area contributed by atoms with Crippen LogP contribution >= 0.6 is 35.3 Å². The van der Waals surface area contributed by atoms with Crippen LogP contribution in [-0.4, -0.2) is 56.2 Å². The van der Waals surface area contributed by atoms with Gasteiger partial charge in [-0.1, -0.05) is 12.1 Å². The Morgan fingerprint density at radius 3 is 2.48 bits per heavy atom. The minimum Gasteiger partial charge on any atom is -0.497 e. The number of halogens is 1. The number of nitrogens with zero attached hydrogens (tertiary/aromatic N) is 3. The Balaban J connectivity index is 0.00000341. The van der Waals surface area contributed by atoms with E-state index in [1.807, 2.05) is 19.2 Å². The maximum Gasteiger partial charge on any atom is 0.190 e. The minimum atomic E-state index is 0. The summed E-state index contributed by atoms with van der Waals surface area (Å²) in [6, 6.07) is 8.41. The number of piperidine rings is 1. The van der Waals surface area contributed by atoms with Crippen molar-refractivity contribution >= 4 is 41.3 Å². The summed E-state index contributed by atoms with van der Waals surface area (Å²) in [7, 11) is 3.55. The van der Waals surface area contributed by atoms with E-state index in [9.17, 15) is 0 Å². The summed E-state index contributed by atoms with van der Waals surface area (Å²) in [5.74, 6) is 2.50. The molecule has 1 aliphatic rings. The molecule has 2 N–H and O–H groups in total. The number of ether oxygens (including phenoxy) is 1. The van der Waals surface area contributed by atoms with Crippen LogP contribution in [0.4, 0.5) is 0 Å². The SMILES string of the molecule is CN=C(NCCc1nc(C)c(C)s1)NCC1CCN(Cc2ccc(OC)cc2)CC1.I. The molecule has 1 aromatic carbocycles. The maximum atomic E-state index is 5.24. The number of aromatic nitrogens is 1. The second kappa shape index (κ2) is 13.2. The number of aryl methyl sites for hydroxylation is 2. The molecule has 0 amide bonds. The molecular formula is C23H36IN5OS. The van der Waals surface area contributed by atoms with E-state index in [2.05, 4.69) is 51.5 Å². The standard InChI is InChI=1S/C23H35N5OS.HI/c1-17-18(2)30-22(27-17)9-12-25-23(24-3)26-15-19-10-13-28(14-11-19)16-20-5-7-21(29-4)8-6-20;/h5-8,19H,9-16H2,1-4H3,(H2,24,25,26);1H. The Morgan fingerprint density at radius 2 is 1.90 bits per heavy atom. The molecule has 0 saturated carbocycles. The maximum absolute atomic E-state index is 5.24. The van der Waals surface area contributed by atoms with Gasteiger partial charge in [0, 0.05) is 38.0 Å². The minimum absolute atomic E-state index is 0. The van der Waals surface area contributed by atoms with Gasteiger partial charge in [0.05, 0.1) is 17.8 Å². The molecule has 172 valence electrons. The van der Waals surface area contributed by atoms with Crippen molar-refractivity contribution in [3.63, 3.8) is 0 Å². The predicted molar refractivity (Wildman–Crippen MR) is 141 cm³/mol. The average molecular weight is 558 g/mol. The highest BCUT2D eigenvalue weighted by Crippen LogP contribution is 2.20. The molecule has 31 heavy (non-hydrogen) atoms. The Hall–Kier alpha value is -1.39. The number of likely N-dealkylation sites (tertiary alicyclic amines) is 1. The molecule has 2 heterocycles. The van der Waals surface area contributed by atoms with Gasteiger partial charge in [-0.3, -0.25) is 9.89 Å². The zero-order valence-corrected chi connectivity index (χ0v) is 22.3. The lowest BCUT2D eigenvalue weighted by atomic mass is 9.96. The second-order valence-corrected chi connectivity index (χ2v) is 9.23. The fourth-order valence-corrected chi connectivity index (χ4v) is 4.67. The summed E-state index contributed by atoms with van der Waals surface area (Å²) in [5.41, 5.74) is 2.50. The Kier molecular flexibility index (Phi) is 11.0. The zero-order chi connectivity index (χ0) is 21.3. The molecule has 3 rings (SSSR count). The van der Waals surface area contributed by atoms with Gasteiger partial charge in [0.1, 0.15) is 5.75 Å². The number of aliphatic imine (C=N–C) groups is 1. The Morgan fingerprint density at radius 1 is 1.19 bits per heavy atom. The van der Waals surface area contributed by atoms with Gasteiger partial charge in [0.25, 0.3) is 0 Å². The summed E-state index contributed by atoms with van der Waals surface area (Å²) in [6.45, 7) is 9.35. The zero-order valence-electron chi connectivity index (χ0n) is 19.1. The molecule has 0 spiro atoms. The highest BCUT2D eigenvalue weighted by molar-refractivity contribution is 14.0. The molecule has 1 fully saturated rings. The van der Waals surface area contributed by atoms with Crippen molar-refractivity contribution in [3.8, 4) is 5.75 Å². The van der Waals surface area contributed by atoms with Crippen LogP contribution in [0.3, 0.4) is 0 Å². The molecule has 0 atom stereocenters. The van der Waals surface area contributed by atoms with E-state index in [4.69, 9.17) is 4.74 Å². The molecule has 0 radical (unpaired) electrons. The summed E-state index contributed by atoms with van der Waals surface area (Å²) < 4.78 is 5.24. The number of benzene rings is 1. The Bertz CT molecular complexity index is 796. The van der Waals surface area contributed by atoms with Gasteiger partial charge in [-0.15, -0.1) is 35.3 Å². The van der Waals surface area contributed by atoms with Gasteiger partial charge < -0.3 is 15.4 Å². The van der Waals surface area contributed by atoms with Gasteiger partial charge in [-0.2, -0.15) is 0 Å². The summed E-state index contributed by atoms with van der Waals surface area (Å²) in [5, 5.41) is 8.12. The molecule has 0 bridgehead atoms. The first kappa shape index (κ1) is 25.9. The first-order valence-corrected chi connectivity index (χ1v) is 11.6. The number of rotatable bonds is 8. The van der Waals surface area contributed by atoms with Crippen LogP contribution in [0.25, 0.3) is 0 Å². The van der Waals surface area contributed by atoms with Crippen LogP contribution in [0, 0.1) is 19.8 Å². The van der Waals surface area contributed by atoms with E-state index in [1.54, 1.807) is 18.4 Å². The number of guanidine groups is 1. The number of nitrogens with one attached hydrogen (secondary N) is 2. The van der Waals surface area contributed by atoms with Crippen molar-refractivity contribution in [2.24, 2.45) is 10.9 Å². The molecule has 1 aliphatic heterocycles.